The fourth-order valence-corrected chi connectivity index (χ4v) is 2.97. The van der Waals surface area contributed by atoms with Crippen LogP contribution in [0.3, 0.4) is 0 Å². The fourth-order valence-electron chi connectivity index (χ4n) is 2.44. The molecule has 2 N–H and O–H groups in total. The van der Waals surface area contributed by atoms with Crippen molar-refractivity contribution in [2.24, 2.45) is 0 Å². The van der Waals surface area contributed by atoms with Crippen molar-refractivity contribution in [3.63, 3.8) is 0 Å². The Labute approximate surface area is 144 Å². The second-order valence-electron chi connectivity index (χ2n) is 5.25. The summed E-state index contributed by atoms with van der Waals surface area (Å²) in [4.78, 5) is 18.8. The predicted molar refractivity (Wildman–Crippen MR) is 93.7 cm³/mol. The number of aromatic nitrogens is 1. The van der Waals surface area contributed by atoms with Crippen molar-refractivity contribution < 1.29 is 4.79 Å². The Bertz CT molecular complexity index is 679. The zero-order chi connectivity index (χ0) is 16.2. The van der Waals surface area contributed by atoms with Gasteiger partial charge in [-0.2, -0.15) is 0 Å². The summed E-state index contributed by atoms with van der Waals surface area (Å²) in [6, 6.07) is 8.47. The largest absolute Gasteiger partial charge is 0.368 e. The fraction of sp³-hybridized carbons (Fsp3) is 0.250. The van der Waals surface area contributed by atoms with Gasteiger partial charge in [0.1, 0.15) is 5.82 Å². The van der Waals surface area contributed by atoms with Gasteiger partial charge in [0.05, 0.1) is 11.9 Å². The SMILES string of the molecule is O=C(Nc1ccc(N2CCNCC2)cn1)c1cc(Cl)cc(Cl)c1. The van der Waals surface area contributed by atoms with Gasteiger partial charge in [-0.3, -0.25) is 4.79 Å². The van der Waals surface area contributed by atoms with E-state index >= 15 is 0 Å². The number of halogens is 2. The highest BCUT2D eigenvalue weighted by Crippen LogP contribution is 2.20. The molecule has 120 valence electrons. The number of hydrogen-bond acceptors (Lipinski definition) is 4. The van der Waals surface area contributed by atoms with E-state index in [9.17, 15) is 4.79 Å². The molecule has 1 aliphatic heterocycles. The number of carbonyl (C=O) groups excluding carboxylic acids is 1. The third kappa shape index (κ3) is 4.13. The molecule has 0 saturated carbocycles. The van der Waals surface area contributed by atoms with E-state index in [-0.39, 0.29) is 5.91 Å². The zero-order valence-corrected chi connectivity index (χ0v) is 13.9. The molecule has 0 bridgehead atoms. The lowest BCUT2D eigenvalue weighted by Gasteiger charge is -2.29. The third-order valence-corrected chi connectivity index (χ3v) is 4.03. The molecule has 23 heavy (non-hydrogen) atoms. The molecule has 1 fully saturated rings. The lowest BCUT2D eigenvalue weighted by atomic mass is 10.2. The molecule has 2 aromatic rings. The summed E-state index contributed by atoms with van der Waals surface area (Å²) in [5.74, 6) is 0.196. The van der Waals surface area contributed by atoms with Gasteiger partial charge in [0, 0.05) is 41.8 Å². The van der Waals surface area contributed by atoms with Crippen molar-refractivity contribution in [1.82, 2.24) is 10.3 Å². The van der Waals surface area contributed by atoms with Crippen LogP contribution in [-0.4, -0.2) is 37.1 Å². The maximum absolute atomic E-state index is 12.2. The molecule has 3 rings (SSSR count). The molecule has 1 aromatic carbocycles. The molecule has 5 nitrogen and oxygen atoms in total. The number of benzene rings is 1. The van der Waals surface area contributed by atoms with E-state index in [0.717, 1.165) is 31.9 Å². The first-order valence-corrected chi connectivity index (χ1v) is 8.06. The number of nitrogens with zero attached hydrogens (tertiary/aromatic N) is 2. The highest BCUT2D eigenvalue weighted by molar-refractivity contribution is 6.35. The van der Waals surface area contributed by atoms with E-state index in [1.165, 1.54) is 0 Å². The van der Waals surface area contributed by atoms with Gasteiger partial charge in [0.2, 0.25) is 0 Å². The van der Waals surface area contributed by atoms with Gasteiger partial charge in [-0.1, -0.05) is 23.2 Å². The van der Waals surface area contributed by atoms with Crippen LogP contribution in [-0.2, 0) is 0 Å². The molecule has 7 heteroatoms. The van der Waals surface area contributed by atoms with Gasteiger partial charge < -0.3 is 15.5 Å². The molecule has 1 saturated heterocycles. The lowest BCUT2D eigenvalue weighted by molar-refractivity contribution is 0.102. The number of hydrogen-bond donors (Lipinski definition) is 2. The minimum absolute atomic E-state index is 0.295. The summed E-state index contributed by atoms with van der Waals surface area (Å²) >= 11 is 11.8. The summed E-state index contributed by atoms with van der Waals surface area (Å²) in [5, 5.41) is 6.90. The average molecular weight is 351 g/mol. The summed E-state index contributed by atoms with van der Waals surface area (Å²) in [5.41, 5.74) is 1.45. The molecule has 1 amide bonds. The number of piperazine rings is 1. The molecular formula is C16H16Cl2N4O. The number of nitrogens with one attached hydrogen (secondary N) is 2. The van der Waals surface area contributed by atoms with Gasteiger partial charge in [0.15, 0.2) is 0 Å². The number of anilines is 2. The van der Waals surface area contributed by atoms with Gasteiger partial charge in [0.25, 0.3) is 5.91 Å². The quantitative estimate of drug-likeness (QED) is 0.893. The Kier molecular flexibility index (Phi) is 5.00. The van der Waals surface area contributed by atoms with Crippen LogP contribution in [0.25, 0.3) is 0 Å². The molecule has 0 atom stereocenters. The molecule has 1 aliphatic rings. The van der Waals surface area contributed by atoms with Crippen molar-refractivity contribution in [2.45, 2.75) is 0 Å². The van der Waals surface area contributed by atoms with Crippen molar-refractivity contribution >= 4 is 40.6 Å². The second kappa shape index (κ2) is 7.17. The van der Waals surface area contributed by atoms with E-state index < -0.39 is 0 Å². The smallest absolute Gasteiger partial charge is 0.256 e. The highest BCUT2D eigenvalue weighted by Gasteiger charge is 2.12. The van der Waals surface area contributed by atoms with E-state index in [2.05, 4.69) is 20.5 Å². The zero-order valence-electron chi connectivity index (χ0n) is 12.4. The van der Waals surface area contributed by atoms with Crippen LogP contribution in [0.2, 0.25) is 10.0 Å². The summed E-state index contributed by atoms with van der Waals surface area (Å²) < 4.78 is 0. The number of rotatable bonds is 3. The van der Waals surface area contributed by atoms with Gasteiger partial charge >= 0.3 is 0 Å². The minimum Gasteiger partial charge on any atom is -0.368 e. The minimum atomic E-state index is -0.295. The molecule has 0 spiro atoms. The normalized spacial score (nSPS) is 14.6. The van der Waals surface area contributed by atoms with Crippen molar-refractivity contribution in [3.8, 4) is 0 Å². The standard InChI is InChI=1S/C16H16Cl2N4O/c17-12-7-11(8-13(18)9-12)16(23)21-15-2-1-14(10-20-15)22-5-3-19-4-6-22/h1-2,7-10,19H,3-6H2,(H,20,21,23). The Balaban J connectivity index is 1.68. The van der Waals surface area contributed by atoms with Crippen LogP contribution in [0.4, 0.5) is 11.5 Å². The Morgan fingerprint density at radius 2 is 1.83 bits per heavy atom. The number of pyridine rings is 1. The van der Waals surface area contributed by atoms with Crippen LogP contribution in [0.1, 0.15) is 10.4 Å². The number of amides is 1. The first-order valence-electron chi connectivity index (χ1n) is 7.31. The molecule has 0 aliphatic carbocycles. The first-order chi connectivity index (χ1) is 11.1. The lowest BCUT2D eigenvalue weighted by Crippen LogP contribution is -2.43. The van der Waals surface area contributed by atoms with Crippen molar-refractivity contribution in [3.05, 3.63) is 52.1 Å². The van der Waals surface area contributed by atoms with Crippen LogP contribution in [0, 0.1) is 0 Å². The third-order valence-electron chi connectivity index (χ3n) is 3.60. The Hall–Kier alpha value is -1.82. The molecular weight excluding hydrogens is 335 g/mol. The van der Waals surface area contributed by atoms with Gasteiger partial charge in [-0.15, -0.1) is 0 Å². The summed E-state index contributed by atoms with van der Waals surface area (Å²) in [7, 11) is 0. The van der Waals surface area contributed by atoms with E-state index in [1.54, 1.807) is 30.5 Å². The Morgan fingerprint density at radius 3 is 2.43 bits per heavy atom. The van der Waals surface area contributed by atoms with E-state index in [4.69, 9.17) is 23.2 Å². The molecule has 0 unspecified atom stereocenters. The first kappa shape index (κ1) is 16.1. The highest BCUT2D eigenvalue weighted by atomic mass is 35.5. The van der Waals surface area contributed by atoms with Crippen LogP contribution in [0.5, 0.6) is 0 Å². The Morgan fingerprint density at radius 1 is 1.13 bits per heavy atom. The molecule has 2 heterocycles. The molecule has 0 radical (unpaired) electrons. The van der Waals surface area contributed by atoms with Crippen LogP contribution in [0.15, 0.2) is 36.5 Å². The monoisotopic (exact) mass is 350 g/mol. The van der Waals surface area contributed by atoms with Gasteiger partial charge in [-0.05, 0) is 30.3 Å². The summed E-state index contributed by atoms with van der Waals surface area (Å²) in [6.07, 6.45) is 1.77. The van der Waals surface area contributed by atoms with E-state index in [1.807, 2.05) is 6.07 Å². The van der Waals surface area contributed by atoms with Crippen LogP contribution < -0.4 is 15.5 Å². The predicted octanol–water partition coefficient (Wildman–Crippen LogP) is 3.05. The van der Waals surface area contributed by atoms with Gasteiger partial charge in [-0.25, -0.2) is 4.98 Å². The topological polar surface area (TPSA) is 57.3 Å². The summed E-state index contributed by atoms with van der Waals surface area (Å²) in [6.45, 7) is 3.84. The van der Waals surface area contributed by atoms with Crippen molar-refractivity contribution in [1.29, 1.82) is 0 Å². The molecule has 1 aromatic heterocycles. The second-order valence-corrected chi connectivity index (χ2v) is 6.12. The van der Waals surface area contributed by atoms with Crippen LogP contribution >= 0.6 is 23.2 Å². The van der Waals surface area contributed by atoms with Crippen molar-refractivity contribution in [2.75, 3.05) is 36.4 Å². The van der Waals surface area contributed by atoms with E-state index in [0.29, 0.717) is 21.4 Å². The number of carbonyl (C=O) groups is 1. The maximum Gasteiger partial charge on any atom is 0.256 e. The average Bonchev–Trinajstić information content (AvgIpc) is 2.55. The maximum atomic E-state index is 12.2.